The smallest absolute Gasteiger partial charge is 0.307 e. The van der Waals surface area contributed by atoms with Crippen molar-refractivity contribution in [3.05, 3.63) is 107 Å². The number of carbonyl (C=O) groups is 4. The van der Waals surface area contributed by atoms with Crippen LogP contribution in [-0.2, 0) is 27.3 Å². The van der Waals surface area contributed by atoms with E-state index in [-0.39, 0.29) is 37.9 Å². The van der Waals surface area contributed by atoms with Gasteiger partial charge >= 0.3 is 11.9 Å². The second kappa shape index (κ2) is 15.9. The molecule has 0 saturated carbocycles. The number of carbonyl (C=O) groups excluding carboxylic acids is 2. The number of hydrogen-bond acceptors (Lipinski definition) is 9. The molecule has 0 spiro atoms. The molecule has 0 saturated heterocycles. The molecule has 14 heteroatoms. The Balaban J connectivity index is 0.00000486. The van der Waals surface area contributed by atoms with Gasteiger partial charge in [-0.2, -0.15) is 0 Å². The number of aromatic nitrogens is 1. The molecule has 12 nitrogen and oxygen atoms in total. The number of pyridine rings is 1. The summed E-state index contributed by atoms with van der Waals surface area (Å²) in [7, 11) is 0. The summed E-state index contributed by atoms with van der Waals surface area (Å²) in [6.07, 6.45) is 2.19. The maximum absolute atomic E-state index is 14.1. The monoisotopic (exact) mass is 719 g/mol. The summed E-state index contributed by atoms with van der Waals surface area (Å²) in [6, 6.07) is 21.5. The lowest BCUT2D eigenvalue weighted by Gasteiger charge is -2.35. The van der Waals surface area contributed by atoms with E-state index >= 15 is 0 Å². The van der Waals surface area contributed by atoms with Gasteiger partial charge in [0, 0.05) is 40.6 Å². The number of furan rings is 1. The van der Waals surface area contributed by atoms with Crippen LogP contribution in [0.15, 0.2) is 89.6 Å². The van der Waals surface area contributed by atoms with E-state index in [1.165, 1.54) is 17.5 Å². The van der Waals surface area contributed by atoms with Crippen molar-refractivity contribution in [2.24, 2.45) is 5.92 Å². The van der Waals surface area contributed by atoms with Gasteiger partial charge in [0.25, 0.3) is 5.91 Å². The summed E-state index contributed by atoms with van der Waals surface area (Å²) in [5.74, 6) is -3.75. The van der Waals surface area contributed by atoms with E-state index in [1.807, 2.05) is 49.4 Å². The molecule has 6 rings (SSSR count). The van der Waals surface area contributed by atoms with E-state index in [9.17, 15) is 29.4 Å². The molecular weight excluding hydrogens is 686 g/mol. The number of aliphatic carboxylic acids is 2. The van der Waals surface area contributed by atoms with Gasteiger partial charge < -0.3 is 34.3 Å². The van der Waals surface area contributed by atoms with Crippen LogP contribution >= 0.6 is 23.7 Å². The number of nitrogens with zero attached hydrogens (tertiary/aromatic N) is 2. The Morgan fingerprint density at radius 3 is 2.50 bits per heavy atom. The molecule has 0 aliphatic carbocycles. The third-order valence-corrected chi connectivity index (χ3v) is 9.54. The lowest BCUT2D eigenvalue weighted by molar-refractivity contribution is -0.151. The second-order valence-corrected chi connectivity index (χ2v) is 12.9. The molecule has 1 aliphatic heterocycles. The van der Waals surface area contributed by atoms with E-state index in [0.29, 0.717) is 22.9 Å². The Kier molecular flexibility index (Phi) is 11.4. The molecule has 3 aromatic heterocycles. The number of halogens is 1. The van der Waals surface area contributed by atoms with Crippen LogP contribution in [0, 0.1) is 5.92 Å². The van der Waals surface area contributed by atoms with Gasteiger partial charge in [0.05, 0.1) is 30.8 Å². The molecule has 260 valence electrons. The Hall–Kier alpha value is -5.40. The van der Waals surface area contributed by atoms with E-state index in [2.05, 4.69) is 10.3 Å². The van der Waals surface area contributed by atoms with Crippen molar-refractivity contribution in [1.29, 1.82) is 0 Å². The molecule has 2 amide bonds. The fraction of sp³-hybridized carbons (Fsp3) is 0.250. The van der Waals surface area contributed by atoms with Crippen molar-refractivity contribution < 1.29 is 43.3 Å². The van der Waals surface area contributed by atoms with Gasteiger partial charge in [0.15, 0.2) is 17.3 Å². The highest BCUT2D eigenvalue weighted by Gasteiger charge is 2.34. The molecule has 2 aromatic carbocycles. The van der Waals surface area contributed by atoms with Crippen molar-refractivity contribution in [3.63, 3.8) is 0 Å². The maximum atomic E-state index is 14.1. The van der Waals surface area contributed by atoms with Crippen LogP contribution in [-0.4, -0.2) is 56.7 Å². The Morgan fingerprint density at radius 2 is 1.76 bits per heavy atom. The predicted octanol–water partition coefficient (Wildman–Crippen LogP) is 6.60. The first-order valence-corrected chi connectivity index (χ1v) is 16.4. The number of hydrogen-bond donors (Lipinski definition) is 3. The van der Waals surface area contributed by atoms with Crippen LogP contribution < -0.4 is 14.8 Å². The fourth-order valence-electron chi connectivity index (χ4n) is 5.91. The molecule has 0 unspecified atom stereocenters. The van der Waals surface area contributed by atoms with E-state index in [1.54, 1.807) is 41.4 Å². The average Bonchev–Trinajstić information content (AvgIpc) is 3.85. The summed E-state index contributed by atoms with van der Waals surface area (Å²) >= 11 is 1.52. The quantitative estimate of drug-likeness (QED) is 0.114. The number of fused-ring (bicyclic) bond motifs is 2. The highest BCUT2D eigenvalue weighted by atomic mass is 35.5. The largest absolute Gasteiger partial charge is 0.481 e. The van der Waals surface area contributed by atoms with Crippen molar-refractivity contribution in [3.8, 4) is 11.5 Å². The second-order valence-electron chi connectivity index (χ2n) is 11.7. The average molecular weight is 720 g/mol. The first-order chi connectivity index (χ1) is 23.6. The van der Waals surface area contributed by atoms with Crippen molar-refractivity contribution in [1.82, 2.24) is 9.88 Å². The van der Waals surface area contributed by atoms with Crippen molar-refractivity contribution in [2.75, 3.05) is 12.1 Å². The van der Waals surface area contributed by atoms with Crippen LogP contribution in [0.5, 0.6) is 11.5 Å². The Morgan fingerprint density at radius 1 is 0.960 bits per heavy atom. The van der Waals surface area contributed by atoms with E-state index in [4.69, 9.17) is 13.9 Å². The molecule has 50 heavy (non-hydrogen) atoms. The number of anilines is 1. The van der Waals surface area contributed by atoms with E-state index < -0.39 is 54.5 Å². The first-order valence-electron chi connectivity index (χ1n) is 15.6. The van der Waals surface area contributed by atoms with Crippen LogP contribution in [0.25, 0.3) is 10.1 Å². The first kappa shape index (κ1) is 35.9. The van der Waals surface area contributed by atoms with Crippen molar-refractivity contribution >= 4 is 63.3 Å². The molecule has 4 heterocycles. The minimum absolute atomic E-state index is 0. The standard InChI is InChI=1S/C36H33N3O9S.ClH/c1-21(39(33(40)15-24(36(44)45)16-34(41)42)19-27-13-23-5-2-3-7-32(23)49-27)28(22-8-10-29-31(14-22)47-20-46-29)17-26-9-11-30(48-26)35(43)38-25-6-4-12-37-18-25;/h2-14,18,21,24,28H,15-17,19-20H2,1H3,(H,38,43)(H,41,42)(H,44,45);1H/t21-,24-,28+;/m1./s1. The highest BCUT2D eigenvalue weighted by Crippen LogP contribution is 2.38. The third-order valence-electron chi connectivity index (χ3n) is 8.44. The van der Waals surface area contributed by atoms with Gasteiger partial charge in [0.1, 0.15) is 5.76 Å². The van der Waals surface area contributed by atoms with Gasteiger partial charge in [-0.25, -0.2) is 0 Å². The topological polar surface area (TPSA) is 168 Å². The summed E-state index contributed by atoms with van der Waals surface area (Å²) in [6.45, 7) is 2.10. The summed E-state index contributed by atoms with van der Waals surface area (Å²) < 4.78 is 18.2. The summed E-state index contributed by atoms with van der Waals surface area (Å²) in [4.78, 5) is 57.0. The zero-order valence-electron chi connectivity index (χ0n) is 26.8. The van der Waals surface area contributed by atoms with Gasteiger partial charge in [-0.05, 0) is 66.4 Å². The lowest BCUT2D eigenvalue weighted by atomic mass is 9.86. The van der Waals surface area contributed by atoms with Crippen LogP contribution in [0.3, 0.4) is 0 Å². The Bertz CT molecular complexity index is 1960. The molecule has 3 atom stereocenters. The molecule has 0 radical (unpaired) electrons. The number of amides is 2. The number of benzene rings is 2. The van der Waals surface area contributed by atoms with Crippen molar-refractivity contribution in [2.45, 2.75) is 44.7 Å². The third kappa shape index (κ3) is 8.41. The number of carboxylic acids is 2. The minimum atomic E-state index is -1.41. The maximum Gasteiger partial charge on any atom is 0.307 e. The number of carboxylic acid groups (broad SMARTS) is 2. The SMILES string of the molecule is C[C@H]([C@H](Cc1ccc(C(=O)Nc2cccnc2)o1)c1ccc2c(c1)OCO2)N(Cc1cc2ccccc2s1)C(=O)C[C@H](CC(=O)O)C(=O)O.Cl. The molecule has 0 fully saturated rings. The molecular formula is C36H34ClN3O9S. The molecule has 0 bridgehead atoms. The number of thiophene rings is 1. The van der Waals surface area contributed by atoms with Gasteiger partial charge in [0.2, 0.25) is 12.7 Å². The number of ether oxygens (including phenoxy) is 2. The van der Waals surface area contributed by atoms with Gasteiger partial charge in [-0.3, -0.25) is 24.2 Å². The zero-order chi connectivity index (χ0) is 34.5. The Labute approximate surface area is 297 Å². The predicted molar refractivity (Wildman–Crippen MR) is 187 cm³/mol. The van der Waals surface area contributed by atoms with Crippen LogP contribution in [0.4, 0.5) is 5.69 Å². The summed E-state index contributed by atoms with van der Waals surface area (Å²) in [5.41, 5.74) is 1.30. The lowest BCUT2D eigenvalue weighted by Crippen LogP contribution is -2.43. The molecule has 1 aliphatic rings. The zero-order valence-corrected chi connectivity index (χ0v) is 28.4. The number of nitrogens with one attached hydrogen (secondary N) is 1. The van der Waals surface area contributed by atoms with Gasteiger partial charge in [-0.1, -0.05) is 24.3 Å². The fourth-order valence-corrected chi connectivity index (χ4v) is 6.97. The normalized spacial score (nSPS) is 13.5. The van der Waals surface area contributed by atoms with Crippen LogP contribution in [0.1, 0.15) is 52.4 Å². The summed E-state index contributed by atoms with van der Waals surface area (Å²) in [5, 5.41) is 22.9. The van der Waals surface area contributed by atoms with Crippen LogP contribution in [0.2, 0.25) is 0 Å². The highest BCUT2D eigenvalue weighted by molar-refractivity contribution is 7.19. The minimum Gasteiger partial charge on any atom is -0.481 e. The molecule has 5 aromatic rings. The number of rotatable bonds is 14. The van der Waals surface area contributed by atoms with E-state index in [0.717, 1.165) is 20.5 Å². The van der Waals surface area contributed by atoms with Gasteiger partial charge in [-0.15, -0.1) is 23.7 Å². The molecule has 3 N–H and O–H groups in total.